The topological polar surface area (TPSA) is 38.9 Å². The fourth-order valence-electron chi connectivity index (χ4n) is 2.06. The molecule has 1 aromatic heterocycles. The van der Waals surface area contributed by atoms with Crippen molar-refractivity contribution in [2.24, 2.45) is 0 Å². The zero-order chi connectivity index (χ0) is 13.8. The minimum absolute atomic E-state index is 0. The second-order valence-electron chi connectivity index (χ2n) is 4.34. The molecule has 0 aliphatic heterocycles. The molecule has 0 saturated heterocycles. The number of pyridine rings is 1. The second kappa shape index (κ2) is 7.47. The van der Waals surface area contributed by atoms with Crippen LogP contribution in [0, 0.1) is 6.07 Å². The van der Waals surface area contributed by atoms with E-state index in [1.807, 2.05) is 42.5 Å². The summed E-state index contributed by atoms with van der Waals surface area (Å²) >= 11 is 0. The van der Waals surface area contributed by atoms with Gasteiger partial charge in [0.1, 0.15) is 5.82 Å². The van der Waals surface area contributed by atoms with Crippen molar-refractivity contribution in [3.05, 3.63) is 78.9 Å². The zero-order valence-electron chi connectivity index (χ0n) is 11.2. The first-order valence-corrected chi connectivity index (χ1v) is 7.73. The quantitative estimate of drug-likeness (QED) is 0.472. The molecule has 107 valence electrons. The minimum Gasteiger partial charge on any atom is -0.384 e. The molecule has 2 N–H and O–H groups in total. The van der Waals surface area contributed by atoms with Gasteiger partial charge in [-0.25, -0.2) is 4.98 Å². The van der Waals surface area contributed by atoms with Gasteiger partial charge in [0.15, 0.2) is 0 Å². The fourth-order valence-corrected chi connectivity index (χ4v) is 4.21. The Morgan fingerprint density at radius 3 is 2.29 bits per heavy atom. The van der Waals surface area contributed by atoms with Gasteiger partial charge >= 0.3 is 0 Å². The van der Waals surface area contributed by atoms with Gasteiger partial charge in [-0.15, -0.1) is 5.30 Å². The first-order chi connectivity index (χ1) is 9.84. The molecule has 0 bridgehead atoms. The van der Waals surface area contributed by atoms with Crippen LogP contribution in [0.15, 0.2) is 72.8 Å². The molecule has 0 fully saturated rings. The molecule has 3 aromatic rings. The molecule has 3 rings (SSSR count). The van der Waals surface area contributed by atoms with Crippen molar-refractivity contribution in [2.45, 2.75) is 0 Å². The average Bonchev–Trinajstić information content (AvgIpc) is 2.50. The van der Waals surface area contributed by atoms with Crippen LogP contribution in [0.2, 0.25) is 0 Å². The van der Waals surface area contributed by atoms with Crippen LogP contribution < -0.4 is 21.8 Å². The van der Waals surface area contributed by atoms with E-state index in [0.29, 0.717) is 5.82 Å². The molecule has 0 aliphatic carbocycles. The second-order valence-corrected chi connectivity index (χ2v) is 6.47. The van der Waals surface area contributed by atoms with Gasteiger partial charge in [0, 0.05) is 20.1 Å². The van der Waals surface area contributed by atoms with Crippen molar-refractivity contribution in [3.8, 4) is 0 Å². The summed E-state index contributed by atoms with van der Waals surface area (Å²) in [5, 5.41) is 2.41. The van der Waals surface area contributed by atoms with Gasteiger partial charge < -0.3 is 5.73 Å². The van der Waals surface area contributed by atoms with Crippen LogP contribution in [0.3, 0.4) is 0 Å². The van der Waals surface area contributed by atoms with E-state index >= 15 is 0 Å². The number of hydrogen-bond donors (Lipinski definition) is 1. The summed E-state index contributed by atoms with van der Waals surface area (Å²) in [5.74, 6) is 0.557. The Hall–Kier alpha value is -1.53. The van der Waals surface area contributed by atoms with Crippen molar-refractivity contribution >= 4 is 29.8 Å². The van der Waals surface area contributed by atoms with E-state index in [1.54, 1.807) is 0 Å². The summed E-state index contributed by atoms with van der Waals surface area (Å²) in [7, 11) is -0.709. The summed E-state index contributed by atoms with van der Waals surface area (Å²) in [6, 6.07) is 27.6. The number of anilines is 1. The number of hydrogen-bond acceptors (Lipinski definition) is 2. The fraction of sp³-hybridized carbons (Fsp3) is 0. The Kier molecular flexibility index (Phi) is 5.64. The summed E-state index contributed by atoms with van der Waals surface area (Å²) < 4.78 is 0. The summed E-state index contributed by atoms with van der Waals surface area (Å²) in [6.45, 7) is 0. The Morgan fingerprint density at radius 2 is 1.62 bits per heavy atom. The first-order valence-electron chi connectivity index (χ1n) is 6.39. The van der Waals surface area contributed by atoms with Crippen LogP contribution in [-0.4, -0.2) is 4.98 Å². The van der Waals surface area contributed by atoms with Crippen molar-refractivity contribution < 1.29 is 20.1 Å². The summed E-state index contributed by atoms with van der Waals surface area (Å²) in [5.41, 5.74) is 6.85. The predicted molar refractivity (Wildman–Crippen MR) is 86.2 cm³/mol. The Bertz CT molecular complexity index is 650. The van der Waals surface area contributed by atoms with E-state index in [-0.39, 0.29) is 20.1 Å². The number of rotatable bonds is 3. The monoisotopic (exact) mass is 470 g/mol. The van der Waals surface area contributed by atoms with Gasteiger partial charge in [0.2, 0.25) is 0 Å². The van der Waals surface area contributed by atoms with Gasteiger partial charge in [-0.1, -0.05) is 36.4 Å². The van der Waals surface area contributed by atoms with Crippen LogP contribution in [0.4, 0.5) is 5.82 Å². The smallest absolute Gasteiger partial charge is 0.124 e. The maximum Gasteiger partial charge on any atom is 0.124 e. The molecule has 1 heterocycles. The third-order valence-electron chi connectivity index (χ3n) is 2.93. The SMILES string of the molecule is Nc1cccc(P(c2[c-]cccc2)c2ccccc2)n1.[Ir]. The van der Waals surface area contributed by atoms with Gasteiger partial charge in [0.05, 0.1) is 5.44 Å². The van der Waals surface area contributed by atoms with Gasteiger partial charge in [-0.05, 0) is 25.4 Å². The standard InChI is InChI=1S/C17H14N2P.Ir/c18-16-12-7-13-17(19-16)20(14-8-3-1-4-9-14)15-10-5-2-6-11-15;/h1-10,12-13H,(H2,18,19);/q-1;. The largest absolute Gasteiger partial charge is 0.384 e. The van der Waals surface area contributed by atoms with Crippen LogP contribution in [-0.2, 0) is 20.1 Å². The molecule has 21 heavy (non-hydrogen) atoms. The number of benzene rings is 2. The Labute approximate surface area is 139 Å². The maximum absolute atomic E-state index is 5.84. The van der Waals surface area contributed by atoms with Crippen molar-refractivity contribution in [1.29, 1.82) is 0 Å². The minimum atomic E-state index is -0.709. The predicted octanol–water partition coefficient (Wildman–Crippen LogP) is 2.22. The van der Waals surface area contributed by atoms with Gasteiger partial charge in [-0.2, -0.15) is 30.3 Å². The van der Waals surface area contributed by atoms with Crippen molar-refractivity contribution in [1.82, 2.24) is 4.98 Å². The van der Waals surface area contributed by atoms with Crippen LogP contribution >= 0.6 is 7.92 Å². The molecule has 1 unspecified atom stereocenters. The number of aromatic nitrogens is 1. The number of nitrogens with zero attached hydrogens (tertiary/aromatic N) is 1. The molecule has 2 aromatic carbocycles. The molecule has 1 radical (unpaired) electrons. The summed E-state index contributed by atoms with van der Waals surface area (Å²) in [4.78, 5) is 4.51. The molecule has 4 heteroatoms. The third-order valence-corrected chi connectivity index (χ3v) is 5.21. The van der Waals surface area contributed by atoms with E-state index in [1.165, 1.54) is 5.30 Å². The van der Waals surface area contributed by atoms with Crippen LogP contribution in [0.1, 0.15) is 0 Å². The van der Waals surface area contributed by atoms with Crippen LogP contribution in [0.5, 0.6) is 0 Å². The number of nitrogens with two attached hydrogens (primary N) is 1. The Morgan fingerprint density at radius 1 is 0.857 bits per heavy atom. The Balaban J connectivity index is 0.00000161. The first kappa shape index (κ1) is 15.9. The molecule has 0 amide bonds. The van der Waals surface area contributed by atoms with Crippen molar-refractivity contribution in [3.63, 3.8) is 0 Å². The molecular weight excluding hydrogens is 455 g/mol. The molecule has 0 spiro atoms. The van der Waals surface area contributed by atoms with E-state index in [4.69, 9.17) is 5.73 Å². The van der Waals surface area contributed by atoms with E-state index < -0.39 is 7.92 Å². The molecule has 0 saturated carbocycles. The molecule has 0 aliphatic rings. The van der Waals surface area contributed by atoms with Gasteiger partial charge in [0.25, 0.3) is 0 Å². The normalized spacial score (nSPS) is 11.4. The summed E-state index contributed by atoms with van der Waals surface area (Å²) in [6.07, 6.45) is 0. The number of nitrogen functional groups attached to an aromatic ring is 1. The van der Waals surface area contributed by atoms with Crippen LogP contribution in [0.25, 0.3) is 0 Å². The zero-order valence-corrected chi connectivity index (χ0v) is 14.5. The van der Waals surface area contributed by atoms with Gasteiger partial charge in [-0.3, -0.25) is 0 Å². The maximum atomic E-state index is 5.84. The van der Waals surface area contributed by atoms with Crippen molar-refractivity contribution in [2.75, 3.05) is 5.73 Å². The molecule has 2 nitrogen and oxygen atoms in total. The molecule has 1 atom stereocenters. The van der Waals surface area contributed by atoms with E-state index in [0.717, 1.165) is 10.7 Å². The van der Waals surface area contributed by atoms with E-state index in [9.17, 15) is 0 Å². The molecular formula is C17H14IrN2P-. The third kappa shape index (κ3) is 3.77. The average molecular weight is 470 g/mol. The van der Waals surface area contributed by atoms with E-state index in [2.05, 4.69) is 41.4 Å².